The van der Waals surface area contributed by atoms with Crippen molar-refractivity contribution in [3.63, 3.8) is 0 Å². The van der Waals surface area contributed by atoms with Crippen molar-refractivity contribution in [2.75, 3.05) is 7.05 Å². The Morgan fingerprint density at radius 1 is 1.58 bits per heavy atom. The normalized spacial score (nSPS) is 12.9. The summed E-state index contributed by atoms with van der Waals surface area (Å²) in [5.74, 6) is 0.453. The topological polar surface area (TPSA) is 54.0 Å². The van der Waals surface area contributed by atoms with Crippen LogP contribution in [0.4, 0.5) is 0 Å². The summed E-state index contributed by atoms with van der Waals surface area (Å²) in [5.41, 5.74) is 5.62. The molecule has 2 N–H and O–H groups in total. The van der Waals surface area contributed by atoms with E-state index in [1.807, 2.05) is 27.0 Å². The fourth-order valence-electron chi connectivity index (χ4n) is 0.729. The molecule has 0 rings (SSSR count). The average Bonchev–Trinajstić information content (AvgIpc) is 2.04. The first kappa shape index (κ1) is 10.9. The lowest BCUT2D eigenvalue weighted by Crippen LogP contribution is -2.38. The predicted octanol–water partition coefficient (Wildman–Crippen LogP) is 1.04. The molecule has 4 nitrogen and oxygen atoms in total. The Hall–Kier alpha value is -1.06. The van der Waals surface area contributed by atoms with E-state index in [0.717, 1.165) is 6.42 Å². The molecule has 0 fully saturated rings. The number of rotatable bonds is 3. The Bertz CT molecular complexity index is 172. The Kier molecular flexibility index (Phi) is 5.08. The molecule has 0 aromatic heterocycles. The molecule has 0 bridgehead atoms. The molecule has 0 aliphatic rings. The van der Waals surface area contributed by atoms with Gasteiger partial charge in [-0.15, -0.1) is 0 Å². The van der Waals surface area contributed by atoms with Gasteiger partial charge in [-0.25, -0.2) is 5.01 Å². The monoisotopic (exact) mass is 170 g/mol. The molecule has 0 aliphatic heterocycles. The van der Waals surface area contributed by atoms with Crippen molar-refractivity contribution in [3.05, 3.63) is 0 Å². The van der Waals surface area contributed by atoms with Crippen molar-refractivity contribution in [1.82, 2.24) is 5.01 Å². The van der Waals surface area contributed by atoms with Gasteiger partial charge in [-0.05, 0) is 20.3 Å². The highest BCUT2D eigenvalue weighted by molar-refractivity contribution is 5.78. The number of nitrogens with zero attached hydrogens (tertiary/aromatic N) is 3. The van der Waals surface area contributed by atoms with Gasteiger partial charge in [-0.3, -0.25) is 4.99 Å². The molecular formula is C8H18N4. The van der Waals surface area contributed by atoms with E-state index in [1.165, 1.54) is 0 Å². The van der Waals surface area contributed by atoms with Gasteiger partial charge in [0, 0.05) is 13.3 Å². The highest BCUT2D eigenvalue weighted by Gasteiger charge is 2.08. The summed E-state index contributed by atoms with van der Waals surface area (Å²) in [6, 6.07) is 0.247. The summed E-state index contributed by atoms with van der Waals surface area (Å²) in [7, 11) is 1.66. The molecule has 0 unspecified atom stereocenters. The largest absolute Gasteiger partial charge is 0.368 e. The molecule has 0 aromatic rings. The van der Waals surface area contributed by atoms with Crippen LogP contribution in [0.25, 0.3) is 0 Å². The molecule has 0 saturated carbocycles. The number of hydrogen-bond acceptors (Lipinski definition) is 2. The summed E-state index contributed by atoms with van der Waals surface area (Å²) < 4.78 is 0. The number of guanidine groups is 1. The van der Waals surface area contributed by atoms with Gasteiger partial charge < -0.3 is 5.73 Å². The minimum Gasteiger partial charge on any atom is -0.368 e. The lowest BCUT2D eigenvalue weighted by atomic mass is 10.4. The molecule has 0 amide bonds. The van der Waals surface area contributed by atoms with Crippen molar-refractivity contribution in [2.45, 2.75) is 33.2 Å². The average molecular weight is 170 g/mol. The van der Waals surface area contributed by atoms with Crippen molar-refractivity contribution < 1.29 is 0 Å². The highest BCUT2D eigenvalue weighted by atomic mass is 15.5. The zero-order chi connectivity index (χ0) is 9.56. The smallest absolute Gasteiger partial charge is 0.212 e. The van der Waals surface area contributed by atoms with Crippen molar-refractivity contribution in [2.24, 2.45) is 15.8 Å². The van der Waals surface area contributed by atoms with E-state index in [4.69, 9.17) is 5.73 Å². The second-order valence-electron chi connectivity index (χ2n) is 2.73. The number of nitrogens with two attached hydrogens (primary N) is 1. The molecule has 0 spiro atoms. The number of hydrogen-bond donors (Lipinski definition) is 1. The first-order valence-corrected chi connectivity index (χ1v) is 4.17. The minimum absolute atomic E-state index is 0.247. The maximum absolute atomic E-state index is 5.62. The van der Waals surface area contributed by atoms with Crippen LogP contribution in [-0.2, 0) is 0 Å². The highest BCUT2D eigenvalue weighted by Crippen LogP contribution is 1.97. The van der Waals surface area contributed by atoms with Crippen LogP contribution in [0.3, 0.4) is 0 Å². The molecule has 0 atom stereocenters. The maximum atomic E-state index is 5.62. The summed E-state index contributed by atoms with van der Waals surface area (Å²) in [5, 5.41) is 5.86. The Balaban J connectivity index is 4.34. The molecular weight excluding hydrogens is 152 g/mol. The molecule has 4 heteroatoms. The Labute approximate surface area is 74.2 Å². The summed E-state index contributed by atoms with van der Waals surface area (Å²) in [6.45, 7) is 6.07. The summed E-state index contributed by atoms with van der Waals surface area (Å²) in [4.78, 5) is 3.87. The lowest BCUT2D eigenvalue weighted by molar-refractivity contribution is 0.365. The van der Waals surface area contributed by atoms with Crippen LogP contribution < -0.4 is 5.73 Å². The molecule has 0 radical (unpaired) electrons. The molecule has 0 aromatic carbocycles. The third-order valence-electron chi connectivity index (χ3n) is 1.34. The van der Waals surface area contributed by atoms with Gasteiger partial charge in [0.15, 0.2) is 0 Å². The van der Waals surface area contributed by atoms with E-state index >= 15 is 0 Å². The van der Waals surface area contributed by atoms with Crippen LogP contribution in [0.1, 0.15) is 27.2 Å². The standard InChI is InChI=1S/C8H18N4/c1-5-6-11-12(7(2)3)8(9)10-4/h6-7H,5H2,1-4H3,(H2,9,10). The van der Waals surface area contributed by atoms with Gasteiger partial charge >= 0.3 is 0 Å². The van der Waals surface area contributed by atoms with Crippen LogP contribution in [0.2, 0.25) is 0 Å². The van der Waals surface area contributed by atoms with E-state index in [1.54, 1.807) is 12.1 Å². The van der Waals surface area contributed by atoms with Crippen LogP contribution in [0, 0.1) is 0 Å². The third-order valence-corrected chi connectivity index (χ3v) is 1.34. The zero-order valence-electron chi connectivity index (χ0n) is 8.28. The summed E-state index contributed by atoms with van der Waals surface area (Å²) >= 11 is 0. The summed E-state index contributed by atoms with van der Waals surface area (Å²) in [6.07, 6.45) is 2.72. The van der Waals surface area contributed by atoms with Crippen LogP contribution in [0.15, 0.2) is 10.1 Å². The van der Waals surface area contributed by atoms with Crippen LogP contribution in [-0.4, -0.2) is 30.3 Å². The second-order valence-corrected chi connectivity index (χ2v) is 2.73. The van der Waals surface area contributed by atoms with E-state index < -0.39 is 0 Å². The van der Waals surface area contributed by atoms with E-state index in [2.05, 4.69) is 10.1 Å². The van der Waals surface area contributed by atoms with Gasteiger partial charge in [0.05, 0.1) is 6.04 Å². The van der Waals surface area contributed by atoms with E-state index in [-0.39, 0.29) is 6.04 Å². The molecule has 70 valence electrons. The fourth-order valence-corrected chi connectivity index (χ4v) is 0.729. The maximum Gasteiger partial charge on any atom is 0.212 e. The van der Waals surface area contributed by atoms with Gasteiger partial charge in [0.1, 0.15) is 0 Å². The fraction of sp³-hybridized carbons (Fsp3) is 0.750. The van der Waals surface area contributed by atoms with Gasteiger partial charge in [-0.1, -0.05) is 6.92 Å². The zero-order valence-corrected chi connectivity index (χ0v) is 8.28. The van der Waals surface area contributed by atoms with E-state index in [9.17, 15) is 0 Å². The SMILES string of the molecule is CCC=NN(C(N)=NC)C(C)C. The van der Waals surface area contributed by atoms with Crippen molar-refractivity contribution >= 4 is 12.2 Å². The van der Waals surface area contributed by atoms with Crippen LogP contribution >= 0.6 is 0 Å². The van der Waals surface area contributed by atoms with Crippen LogP contribution in [0.5, 0.6) is 0 Å². The molecule has 0 heterocycles. The minimum atomic E-state index is 0.247. The van der Waals surface area contributed by atoms with Crippen molar-refractivity contribution in [3.8, 4) is 0 Å². The van der Waals surface area contributed by atoms with Gasteiger partial charge in [0.25, 0.3) is 0 Å². The van der Waals surface area contributed by atoms with Gasteiger partial charge in [-0.2, -0.15) is 5.10 Å². The molecule has 0 saturated heterocycles. The van der Waals surface area contributed by atoms with Gasteiger partial charge in [0.2, 0.25) is 5.96 Å². The number of hydrazone groups is 1. The quantitative estimate of drug-likeness (QED) is 0.391. The number of aliphatic imine (C=N–C) groups is 1. The Morgan fingerprint density at radius 2 is 2.17 bits per heavy atom. The Morgan fingerprint density at radius 3 is 2.50 bits per heavy atom. The first-order chi connectivity index (χ1) is 5.63. The lowest BCUT2D eigenvalue weighted by Gasteiger charge is -2.21. The third kappa shape index (κ3) is 3.37. The first-order valence-electron chi connectivity index (χ1n) is 4.17. The second kappa shape index (κ2) is 5.57. The molecule has 12 heavy (non-hydrogen) atoms. The predicted molar refractivity (Wildman–Crippen MR) is 53.3 cm³/mol. The van der Waals surface area contributed by atoms with E-state index in [0.29, 0.717) is 5.96 Å². The van der Waals surface area contributed by atoms with Crippen molar-refractivity contribution in [1.29, 1.82) is 0 Å². The molecule has 0 aliphatic carbocycles.